The Morgan fingerprint density at radius 3 is 2.73 bits per heavy atom. The largest absolute Gasteiger partial charge is 0.232 e. The lowest BCUT2D eigenvalue weighted by Gasteiger charge is -2.12. The highest BCUT2D eigenvalue weighted by molar-refractivity contribution is 9.10. The first kappa shape index (κ1) is 10.9. The molecule has 0 unspecified atom stereocenters. The SMILES string of the molecule is Cc1nc2c(Br)cnn2c(Cl)c1C(C)C. The number of aryl methyl sites for hydroxylation is 1. The van der Waals surface area contributed by atoms with Crippen LogP contribution in [-0.4, -0.2) is 14.6 Å². The first-order valence-electron chi connectivity index (χ1n) is 4.71. The van der Waals surface area contributed by atoms with Gasteiger partial charge in [0.25, 0.3) is 0 Å². The molecule has 2 aromatic rings. The third-order valence-corrected chi connectivity index (χ3v) is 3.27. The molecular weight excluding hydrogens is 277 g/mol. The maximum Gasteiger partial charge on any atom is 0.171 e. The zero-order chi connectivity index (χ0) is 11.2. The van der Waals surface area contributed by atoms with Gasteiger partial charge in [0, 0.05) is 11.3 Å². The van der Waals surface area contributed by atoms with Gasteiger partial charge in [0.15, 0.2) is 5.65 Å². The summed E-state index contributed by atoms with van der Waals surface area (Å²) < 4.78 is 2.52. The van der Waals surface area contributed by atoms with Crippen LogP contribution >= 0.6 is 27.5 Å². The molecule has 2 heterocycles. The second-order valence-corrected chi connectivity index (χ2v) is 5.00. The van der Waals surface area contributed by atoms with Gasteiger partial charge in [-0.25, -0.2) is 9.50 Å². The third-order valence-electron chi connectivity index (χ3n) is 2.35. The number of hydrogen-bond donors (Lipinski definition) is 0. The summed E-state index contributed by atoms with van der Waals surface area (Å²) in [6.45, 7) is 6.17. The van der Waals surface area contributed by atoms with Gasteiger partial charge in [0.1, 0.15) is 5.15 Å². The number of halogens is 2. The van der Waals surface area contributed by atoms with Crippen LogP contribution in [0.15, 0.2) is 10.7 Å². The number of rotatable bonds is 1. The van der Waals surface area contributed by atoms with Crippen molar-refractivity contribution < 1.29 is 0 Å². The lowest BCUT2D eigenvalue weighted by molar-refractivity contribution is 0.807. The fraction of sp³-hybridized carbons (Fsp3) is 0.400. The molecule has 0 aliphatic heterocycles. The highest BCUT2D eigenvalue weighted by Gasteiger charge is 2.16. The molecule has 0 amide bonds. The summed E-state index contributed by atoms with van der Waals surface area (Å²) in [5.41, 5.74) is 2.78. The van der Waals surface area contributed by atoms with E-state index in [0.29, 0.717) is 11.1 Å². The molecule has 3 nitrogen and oxygen atoms in total. The molecule has 0 saturated heterocycles. The number of aromatic nitrogens is 3. The van der Waals surface area contributed by atoms with E-state index >= 15 is 0 Å². The summed E-state index contributed by atoms with van der Waals surface area (Å²) in [6, 6.07) is 0. The lowest BCUT2D eigenvalue weighted by atomic mass is 10.0. The predicted octanol–water partition coefficient (Wildman–Crippen LogP) is 3.58. The Labute approximate surface area is 102 Å². The molecule has 0 aliphatic rings. The smallest absolute Gasteiger partial charge is 0.171 e. The molecule has 80 valence electrons. The van der Waals surface area contributed by atoms with Gasteiger partial charge in [0.2, 0.25) is 0 Å². The van der Waals surface area contributed by atoms with Crippen LogP contribution < -0.4 is 0 Å². The van der Waals surface area contributed by atoms with Crippen molar-refractivity contribution in [1.29, 1.82) is 0 Å². The van der Waals surface area contributed by atoms with Crippen LogP contribution in [0.1, 0.15) is 31.0 Å². The second kappa shape index (κ2) is 3.76. The molecule has 0 atom stereocenters. The van der Waals surface area contributed by atoms with Crippen molar-refractivity contribution >= 4 is 33.2 Å². The standard InChI is InChI=1S/C10H11BrClN3/c1-5(2)8-6(3)14-10-7(11)4-13-15(10)9(8)12/h4-5H,1-3H3. The van der Waals surface area contributed by atoms with Crippen LogP contribution in [0.3, 0.4) is 0 Å². The first-order chi connectivity index (χ1) is 7.02. The number of hydrogen-bond acceptors (Lipinski definition) is 2. The Morgan fingerprint density at radius 1 is 1.47 bits per heavy atom. The van der Waals surface area contributed by atoms with Crippen LogP contribution in [0.2, 0.25) is 5.15 Å². The molecule has 0 fully saturated rings. The Morgan fingerprint density at radius 2 is 2.13 bits per heavy atom. The molecular formula is C10H11BrClN3. The van der Waals surface area contributed by atoms with Crippen molar-refractivity contribution in [2.45, 2.75) is 26.7 Å². The highest BCUT2D eigenvalue weighted by atomic mass is 79.9. The fourth-order valence-electron chi connectivity index (χ4n) is 1.70. The van der Waals surface area contributed by atoms with Gasteiger partial charge in [-0.3, -0.25) is 0 Å². The van der Waals surface area contributed by atoms with Crippen molar-refractivity contribution in [1.82, 2.24) is 14.6 Å². The summed E-state index contributed by atoms with van der Waals surface area (Å²) in [5.74, 6) is 0.345. The maximum absolute atomic E-state index is 6.29. The quantitative estimate of drug-likeness (QED) is 0.751. The topological polar surface area (TPSA) is 30.2 Å². The van der Waals surface area contributed by atoms with Crippen molar-refractivity contribution in [2.24, 2.45) is 0 Å². The predicted molar refractivity (Wildman–Crippen MR) is 64.5 cm³/mol. The molecule has 0 spiro atoms. The molecule has 0 aromatic carbocycles. The van der Waals surface area contributed by atoms with E-state index in [1.54, 1.807) is 10.7 Å². The molecule has 2 rings (SSSR count). The van der Waals surface area contributed by atoms with Crippen molar-refractivity contribution in [3.8, 4) is 0 Å². The minimum Gasteiger partial charge on any atom is -0.232 e. The summed E-state index contributed by atoms with van der Waals surface area (Å²) >= 11 is 9.69. The van der Waals surface area contributed by atoms with Gasteiger partial charge in [-0.2, -0.15) is 5.10 Å². The lowest BCUT2D eigenvalue weighted by Crippen LogP contribution is -2.03. The van der Waals surface area contributed by atoms with Gasteiger partial charge in [0.05, 0.1) is 10.7 Å². The zero-order valence-corrected chi connectivity index (χ0v) is 11.1. The summed E-state index contributed by atoms with van der Waals surface area (Å²) in [4.78, 5) is 4.49. The van der Waals surface area contributed by atoms with Gasteiger partial charge >= 0.3 is 0 Å². The molecule has 0 saturated carbocycles. The van der Waals surface area contributed by atoms with E-state index in [-0.39, 0.29) is 0 Å². The Bertz CT molecular complexity index is 519. The molecule has 0 radical (unpaired) electrons. The van der Waals surface area contributed by atoms with Crippen LogP contribution in [0, 0.1) is 6.92 Å². The summed E-state index contributed by atoms with van der Waals surface area (Å²) in [6.07, 6.45) is 1.71. The van der Waals surface area contributed by atoms with Gasteiger partial charge in [-0.1, -0.05) is 25.4 Å². The van der Waals surface area contributed by atoms with Crippen LogP contribution in [0.5, 0.6) is 0 Å². The summed E-state index contributed by atoms with van der Waals surface area (Å²) in [5, 5.41) is 4.83. The van der Waals surface area contributed by atoms with Gasteiger partial charge in [-0.15, -0.1) is 0 Å². The number of fused-ring (bicyclic) bond motifs is 1. The van der Waals surface area contributed by atoms with E-state index < -0.39 is 0 Å². The molecule has 2 aromatic heterocycles. The molecule has 5 heteroatoms. The average molecular weight is 289 g/mol. The highest BCUT2D eigenvalue weighted by Crippen LogP contribution is 2.29. The molecule has 15 heavy (non-hydrogen) atoms. The Kier molecular flexibility index (Phi) is 2.73. The third kappa shape index (κ3) is 1.66. The van der Waals surface area contributed by atoms with Crippen molar-refractivity contribution in [3.05, 3.63) is 27.1 Å². The maximum atomic E-state index is 6.29. The first-order valence-corrected chi connectivity index (χ1v) is 5.88. The van der Waals surface area contributed by atoms with E-state index in [1.165, 1.54) is 0 Å². The average Bonchev–Trinajstić information content (AvgIpc) is 2.47. The molecule has 0 N–H and O–H groups in total. The zero-order valence-electron chi connectivity index (χ0n) is 8.75. The Hall–Kier alpha value is -0.610. The van der Waals surface area contributed by atoms with Crippen molar-refractivity contribution in [3.63, 3.8) is 0 Å². The van der Waals surface area contributed by atoms with E-state index in [2.05, 4.69) is 39.9 Å². The fourth-order valence-corrected chi connectivity index (χ4v) is 2.53. The second-order valence-electron chi connectivity index (χ2n) is 3.78. The normalized spacial score (nSPS) is 11.6. The van der Waals surface area contributed by atoms with Crippen LogP contribution in [0.25, 0.3) is 5.65 Å². The minimum atomic E-state index is 0.345. The van der Waals surface area contributed by atoms with E-state index in [9.17, 15) is 0 Å². The van der Waals surface area contributed by atoms with E-state index in [1.807, 2.05) is 6.92 Å². The molecule has 0 bridgehead atoms. The van der Waals surface area contributed by atoms with Gasteiger partial charge < -0.3 is 0 Å². The van der Waals surface area contributed by atoms with Gasteiger partial charge in [-0.05, 0) is 28.8 Å². The number of nitrogens with zero attached hydrogens (tertiary/aromatic N) is 3. The molecule has 0 aliphatic carbocycles. The minimum absolute atomic E-state index is 0.345. The van der Waals surface area contributed by atoms with E-state index in [0.717, 1.165) is 21.4 Å². The van der Waals surface area contributed by atoms with Crippen molar-refractivity contribution in [2.75, 3.05) is 0 Å². The summed E-state index contributed by atoms with van der Waals surface area (Å²) in [7, 11) is 0. The van der Waals surface area contributed by atoms with Crippen LogP contribution in [0.4, 0.5) is 0 Å². The Balaban J connectivity index is 2.85. The van der Waals surface area contributed by atoms with E-state index in [4.69, 9.17) is 11.6 Å². The monoisotopic (exact) mass is 287 g/mol. The van der Waals surface area contributed by atoms with Crippen LogP contribution in [-0.2, 0) is 0 Å².